The van der Waals surface area contributed by atoms with E-state index in [1.165, 1.54) is 17.1 Å². The van der Waals surface area contributed by atoms with Gasteiger partial charge in [0.15, 0.2) is 5.82 Å². The highest BCUT2D eigenvalue weighted by Gasteiger charge is 2.23. The topological polar surface area (TPSA) is 113 Å². The van der Waals surface area contributed by atoms with E-state index >= 15 is 0 Å². The van der Waals surface area contributed by atoms with Crippen LogP contribution in [0.1, 0.15) is 11.4 Å². The molecule has 0 radical (unpaired) electrons. The van der Waals surface area contributed by atoms with Crippen molar-refractivity contribution >= 4 is 11.5 Å². The van der Waals surface area contributed by atoms with Gasteiger partial charge in [-0.1, -0.05) is 0 Å². The fourth-order valence-corrected chi connectivity index (χ4v) is 1.59. The van der Waals surface area contributed by atoms with Crippen LogP contribution in [0.5, 0.6) is 0 Å². The van der Waals surface area contributed by atoms with Crippen molar-refractivity contribution in [3.63, 3.8) is 0 Å². The van der Waals surface area contributed by atoms with Gasteiger partial charge in [0.1, 0.15) is 17.2 Å². The molecule has 0 aliphatic heterocycles. The first-order chi connectivity index (χ1) is 8.00. The number of rotatable bonds is 2. The van der Waals surface area contributed by atoms with Crippen LogP contribution >= 0.6 is 0 Å². The fourth-order valence-electron chi connectivity index (χ4n) is 1.59. The molecular formula is C9H10N6O2. The molecule has 0 unspecified atom stereocenters. The van der Waals surface area contributed by atoms with Crippen LogP contribution in [0.15, 0.2) is 12.4 Å². The highest BCUT2D eigenvalue weighted by Crippen LogP contribution is 2.23. The van der Waals surface area contributed by atoms with Crippen LogP contribution in [0.3, 0.4) is 0 Å². The molecule has 0 fully saturated rings. The van der Waals surface area contributed by atoms with Crippen molar-refractivity contribution in [1.82, 2.24) is 19.7 Å². The maximum Gasteiger partial charge on any atom is 0.313 e. The minimum Gasteiger partial charge on any atom is -0.382 e. The predicted molar refractivity (Wildman–Crippen MR) is 59.7 cm³/mol. The Bertz CT molecular complexity index is 591. The lowest BCUT2D eigenvalue weighted by atomic mass is 10.3. The third-order valence-electron chi connectivity index (χ3n) is 2.29. The lowest BCUT2D eigenvalue weighted by molar-refractivity contribution is -0.386. The van der Waals surface area contributed by atoms with Gasteiger partial charge in [-0.2, -0.15) is 5.10 Å². The van der Waals surface area contributed by atoms with E-state index in [0.29, 0.717) is 17.2 Å². The highest BCUT2D eigenvalue weighted by atomic mass is 16.6. The molecule has 0 bridgehead atoms. The molecule has 0 atom stereocenters. The van der Waals surface area contributed by atoms with Gasteiger partial charge in [-0.25, -0.2) is 9.67 Å². The van der Waals surface area contributed by atoms with E-state index in [-0.39, 0.29) is 11.5 Å². The summed E-state index contributed by atoms with van der Waals surface area (Å²) in [4.78, 5) is 18.3. The number of anilines is 1. The van der Waals surface area contributed by atoms with Crippen molar-refractivity contribution in [2.45, 2.75) is 13.8 Å². The Morgan fingerprint density at radius 3 is 2.65 bits per heavy atom. The first-order valence-electron chi connectivity index (χ1n) is 4.79. The van der Waals surface area contributed by atoms with Crippen molar-refractivity contribution in [2.75, 3.05) is 5.73 Å². The van der Waals surface area contributed by atoms with Crippen LogP contribution in [0, 0.1) is 24.0 Å². The average molecular weight is 234 g/mol. The van der Waals surface area contributed by atoms with Crippen LogP contribution in [0.4, 0.5) is 11.5 Å². The Hall–Kier alpha value is -2.51. The molecule has 2 N–H and O–H groups in total. The number of nitrogens with two attached hydrogens (primary N) is 1. The minimum atomic E-state index is -0.464. The monoisotopic (exact) mass is 234 g/mol. The van der Waals surface area contributed by atoms with Gasteiger partial charge in [-0.05, 0) is 13.8 Å². The molecule has 8 heteroatoms. The van der Waals surface area contributed by atoms with Crippen molar-refractivity contribution in [3.05, 3.63) is 33.9 Å². The van der Waals surface area contributed by atoms with Gasteiger partial charge < -0.3 is 5.73 Å². The van der Waals surface area contributed by atoms with Gasteiger partial charge in [-0.15, -0.1) is 0 Å². The Morgan fingerprint density at radius 2 is 2.12 bits per heavy atom. The predicted octanol–water partition coefficient (Wildman–Crippen LogP) is 0.770. The van der Waals surface area contributed by atoms with Crippen LogP contribution in [-0.2, 0) is 0 Å². The molecule has 0 saturated heterocycles. The zero-order chi connectivity index (χ0) is 12.6. The first-order valence-corrected chi connectivity index (χ1v) is 4.79. The van der Waals surface area contributed by atoms with Gasteiger partial charge in [0.05, 0.1) is 17.3 Å². The molecule has 88 valence electrons. The Balaban J connectivity index is 2.62. The SMILES string of the molecule is Cc1nn(-c2cncc(N)n2)c(C)c1[N+](=O)[O-]. The molecule has 2 aromatic rings. The quantitative estimate of drug-likeness (QED) is 0.606. The number of hydrogen-bond donors (Lipinski definition) is 1. The van der Waals surface area contributed by atoms with E-state index in [1.807, 2.05) is 0 Å². The van der Waals surface area contributed by atoms with E-state index in [4.69, 9.17) is 5.73 Å². The second-order valence-electron chi connectivity index (χ2n) is 3.49. The molecule has 0 amide bonds. The van der Waals surface area contributed by atoms with Gasteiger partial charge in [-0.3, -0.25) is 15.1 Å². The number of hydrogen-bond acceptors (Lipinski definition) is 6. The lowest BCUT2D eigenvalue weighted by Gasteiger charge is -2.01. The summed E-state index contributed by atoms with van der Waals surface area (Å²) in [6.07, 6.45) is 2.84. The van der Waals surface area contributed by atoms with Gasteiger partial charge >= 0.3 is 5.69 Å². The largest absolute Gasteiger partial charge is 0.382 e. The Labute approximate surface area is 96.3 Å². The summed E-state index contributed by atoms with van der Waals surface area (Å²) >= 11 is 0. The smallest absolute Gasteiger partial charge is 0.313 e. The molecule has 2 aromatic heterocycles. The van der Waals surface area contributed by atoms with Gasteiger partial charge in [0.2, 0.25) is 0 Å². The second-order valence-corrected chi connectivity index (χ2v) is 3.49. The second kappa shape index (κ2) is 3.81. The first kappa shape index (κ1) is 11.0. The molecular weight excluding hydrogens is 224 g/mol. The number of aryl methyl sites for hydroxylation is 1. The molecule has 2 rings (SSSR count). The molecule has 0 aliphatic carbocycles. The third kappa shape index (κ3) is 1.80. The molecule has 0 aromatic carbocycles. The number of aromatic nitrogens is 4. The average Bonchev–Trinajstić information content (AvgIpc) is 2.54. The summed E-state index contributed by atoms with van der Waals surface area (Å²) in [5, 5.41) is 14.9. The van der Waals surface area contributed by atoms with Crippen LogP contribution in [0.2, 0.25) is 0 Å². The maximum atomic E-state index is 10.8. The van der Waals surface area contributed by atoms with Crippen LogP contribution in [-0.4, -0.2) is 24.7 Å². The van der Waals surface area contributed by atoms with Crippen molar-refractivity contribution < 1.29 is 4.92 Å². The number of nitrogen functional groups attached to an aromatic ring is 1. The highest BCUT2D eigenvalue weighted by molar-refractivity contribution is 5.43. The Morgan fingerprint density at radius 1 is 1.41 bits per heavy atom. The van der Waals surface area contributed by atoms with Gasteiger partial charge in [0.25, 0.3) is 0 Å². The molecule has 0 spiro atoms. The molecule has 0 saturated carbocycles. The summed E-state index contributed by atoms with van der Waals surface area (Å²) in [6, 6.07) is 0. The van der Waals surface area contributed by atoms with E-state index < -0.39 is 4.92 Å². The molecule has 2 heterocycles. The lowest BCUT2D eigenvalue weighted by Crippen LogP contribution is -2.05. The third-order valence-corrected chi connectivity index (χ3v) is 2.29. The van der Waals surface area contributed by atoms with Crippen molar-refractivity contribution in [2.24, 2.45) is 0 Å². The maximum absolute atomic E-state index is 10.8. The summed E-state index contributed by atoms with van der Waals surface area (Å²) in [5.41, 5.74) is 6.21. The number of nitrogens with zero attached hydrogens (tertiary/aromatic N) is 5. The van der Waals surface area contributed by atoms with Crippen LogP contribution in [0.25, 0.3) is 5.82 Å². The van der Waals surface area contributed by atoms with E-state index in [2.05, 4.69) is 15.1 Å². The van der Waals surface area contributed by atoms with E-state index in [0.717, 1.165) is 0 Å². The molecule has 17 heavy (non-hydrogen) atoms. The summed E-state index contributed by atoms with van der Waals surface area (Å²) in [5.74, 6) is 0.594. The van der Waals surface area contributed by atoms with Crippen LogP contribution < -0.4 is 5.73 Å². The summed E-state index contributed by atoms with van der Waals surface area (Å²) in [7, 11) is 0. The summed E-state index contributed by atoms with van der Waals surface area (Å²) in [6.45, 7) is 3.17. The molecule has 8 nitrogen and oxygen atoms in total. The zero-order valence-electron chi connectivity index (χ0n) is 9.28. The molecule has 0 aliphatic rings. The zero-order valence-corrected chi connectivity index (χ0v) is 9.28. The summed E-state index contributed by atoms with van der Waals surface area (Å²) < 4.78 is 1.36. The van der Waals surface area contributed by atoms with Crippen molar-refractivity contribution in [1.29, 1.82) is 0 Å². The van der Waals surface area contributed by atoms with Crippen molar-refractivity contribution in [3.8, 4) is 5.82 Å². The standard InChI is InChI=1S/C9H10N6O2/c1-5-9(15(16)17)6(2)14(13-5)8-4-11-3-7(10)12-8/h3-4H,1-2H3,(H2,10,12). The van der Waals surface area contributed by atoms with E-state index in [9.17, 15) is 10.1 Å². The Kier molecular flexibility index (Phi) is 2.47. The normalized spacial score (nSPS) is 10.5. The fraction of sp³-hybridized carbons (Fsp3) is 0.222. The van der Waals surface area contributed by atoms with Gasteiger partial charge in [0, 0.05) is 0 Å². The van der Waals surface area contributed by atoms with E-state index in [1.54, 1.807) is 13.8 Å². The minimum absolute atomic E-state index is 0.0192. The number of nitro groups is 1.